The minimum Gasteiger partial charge on any atom is -0.450 e. The fourth-order valence-corrected chi connectivity index (χ4v) is 4.81. The Bertz CT molecular complexity index is 1300. The minimum absolute atomic E-state index is 0.246. The van der Waals surface area contributed by atoms with Gasteiger partial charge in [0, 0.05) is 31.6 Å². The second kappa shape index (κ2) is 8.09. The fraction of sp³-hybridized carbons (Fsp3) is 0.185. The zero-order valence-electron chi connectivity index (χ0n) is 17.8. The molecular formula is C27H24N4O. The number of rotatable bonds is 4. The summed E-state index contributed by atoms with van der Waals surface area (Å²) in [7, 11) is 0. The second-order valence-corrected chi connectivity index (χ2v) is 8.22. The van der Waals surface area contributed by atoms with Gasteiger partial charge < -0.3 is 9.32 Å². The molecule has 1 fully saturated rings. The Labute approximate surface area is 186 Å². The van der Waals surface area contributed by atoms with Crippen LogP contribution in [0.1, 0.15) is 17.2 Å². The van der Waals surface area contributed by atoms with Gasteiger partial charge in [0.05, 0.1) is 6.04 Å². The Morgan fingerprint density at radius 1 is 0.688 bits per heavy atom. The molecule has 5 nitrogen and oxygen atoms in total. The van der Waals surface area contributed by atoms with Gasteiger partial charge in [-0.05, 0) is 23.3 Å². The fourth-order valence-electron chi connectivity index (χ4n) is 4.81. The van der Waals surface area contributed by atoms with Gasteiger partial charge in [0.15, 0.2) is 11.4 Å². The molecule has 0 radical (unpaired) electrons. The monoisotopic (exact) mass is 420 g/mol. The van der Waals surface area contributed by atoms with Gasteiger partial charge in [0.25, 0.3) is 0 Å². The summed E-state index contributed by atoms with van der Waals surface area (Å²) in [6.07, 6.45) is 1.66. The lowest BCUT2D eigenvalue weighted by Gasteiger charge is -2.40. The summed E-state index contributed by atoms with van der Waals surface area (Å²) in [5, 5.41) is 1.04. The summed E-state index contributed by atoms with van der Waals surface area (Å²) < 4.78 is 6.17. The molecule has 0 unspecified atom stereocenters. The van der Waals surface area contributed by atoms with E-state index in [9.17, 15) is 0 Å². The van der Waals surface area contributed by atoms with Crippen LogP contribution in [-0.4, -0.2) is 41.0 Å². The Balaban J connectivity index is 1.30. The molecule has 0 spiro atoms. The molecule has 3 aromatic carbocycles. The third-order valence-corrected chi connectivity index (χ3v) is 6.35. The number of piperazine rings is 1. The van der Waals surface area contributed by atoms with Crippen LogP contribution in [-0.2, 0) is 0 Å². The smallest absolute Gasteiger partial charge is 0.196 e. The molecule has 0 saturated carbocycles. The van der Waals surface area contributed by atoms with Crippen molar-refractivity contribution in [3.8, 4) is 0 Å². The molecule has 3 heterocycles. The lowest BCUT2D eigenvalue weighted by atomic mass is 9.96. The van der Waals surface area contributed by atoms with E-state index in [0.717, 1.165) is 54.1 Å². The van der Waals surface area contributed by atoms with Crippen molar-refractivity contribution >= 4 is 27.9 Å². The molecule has 158 valence electrons. The number of aromatic nitrogens is 2. The summed E-state index contributed by atoms with van der Waals surface area (Å²) in [4.78, 5) is 14.0. The van der Waals surface area contributed by atoms with Crippen LogP contribution in [0, 0.1) is 0 Å². The van der Waals surface area contributed by atoms with Gasteiger partial charge >= 0.3 is 0 Å². The topological polar surface area (TPSA) is 45.4 Å². The van der Waals surface area contributed by atoms with Crippen molar-refractivity contribution in [2.24, 2.45) is 0 Å². The average Bonchev–Trinajstić information content (AvgIpc) is 3.25. The number of furan rings is 1. The predicted molar refractivity (Wildman–Crippen MR) is 128 cm³/mol. The van der Waals surface area contributed by atoms with Crippen molar-refractivity contribution in [1.29, 1.82) is 0 Å². The van der Waals surface area contributed by atoms with Crippen molar-refractivity contribution in [2.75, 3.05) is 31.1 Å². The third-order valence-electron chi connectivity index (χ3n) is 6.35. The molecule has 1 aliphatic heterocycles. The van der Waals surface area contributed by atoms with Gasteiger partial charge in [-0.15, -0.1) is 0 Å². The number of hydrogen-bond donors (Lipinski definition) is 0. The van der Waals surface area contributed by atoms with Crippen LogP contribution in [0.5, 0.6) is 0 Å². The Kier molecular flexibility index (Phi) is 4.81. The maximum atomic E-state index is 6.17. The Morgan fingerprint density at radius 3 is 2.00 bits per heavy atom. The molecule has 0 N–H and O–H groups in total. The number of para-hydroxylation sites is 1. The van der Waals surface area contributed by atoms with E-state index < -0.39 is 0 Å². The molecule has 5 aromatic rings. The van der Waals surface area contributed by atoms with Crippen molar-refractivity contribution in [1.82, 2.24) is 14.9 Å². The number of hydrogen-bond acceptors (Lipinski definition) is 5. The summed E-state index contributed by atoms with van der Waals surface area (Å²) in [6, 6.07) is 29.9. The van der Waals surface area contributed by atoms with Crippen LogP contribution in [0.15, 0.2) is 95.7 Å². The quantitative estimate of drug-likeness (QED) is 0.395. The SMILES string of the molecule is c1ccc(C(c2ccccc2)N2CCN(c3ncnc4c3oc3ccccc34)CC2)cc1. The largest absolute Gasteiger partial charge is 0.450 e. The molecule has 0 atom stereocenters. The maximum absolute atomic E-state index is 6.17. The zero-order valence-corrected chi connectivity index (χ0v) is 17.8. The first kappa shape index (κ1) is 19.0. The first-order chi connectivity index (χ1) is 15.9. The van der Waals surface area contributed by atoms with Crippen molar-refractivity contribution in [2.45, 2.75) is 6.04 Å². The van der Waals surface area contributed by atoms with E-state index in [2.05, 4.69) is 86.5 Å². The van der Waals surface area contributed by atoms with Crippen molar-refractivity contribution in [3.63, 3.8) is 0 Å². The van der Waals surface area contributed by atoms with E-state index in [4.69, 9.17) is 4.42 Å². The lowest BCUT2D eigenvalue weighted by molar-refractivity contribution is 0.212. The number of nitrogens with zero attached hydrogens (tertiary/aromatic N) is 4. The van der Waals surface area contributed by atoms with Crippen LogP contribution < -0.4 is 4.90 Å². The Hall–Kier alpha value is -3.70. The van der Waals surface area contributed by atoms with Gasteiger partial charge in [-0.2, -0.15) is 0 Å². The van der Waals surface area contributed by atoms with Gasteiger partial charge in [-0.1, -0.05) is 72.8 Å². The first-order valence-corrected chi connectivity index (χ1v) is 11.1. The molecular weight excluding hydrogens is 396 g/mol. The molecule has 0 bridgehead atoms. The molecule has 1 aliphatic rings. The Morgan fingerprint density at radius 2 is 1.31 bits per heavy atom. The van der Waals surface area contributed by atoms with E-state index in [0.29, 0.717) is 0 Å². The van der Waals surface area contributed by atoms with Crippen molar-refractivity contribution < 1.29 is 4.42 Å². The summed E-state index contributed by atoms with van der Waals surface area (Å²) >= 11 is 0. The van der Waals surface area contributed by atoms with E-state index in [-0.39, 0.29) is 6.04 Å². The van der Waals surface area contributed by atoms with Crippen LogP contribution >= 0.6 is 0 Å². The standard InChI is InChI=1S/C27H24N4O/c1-3-9-20(10-4-1)25(21-11-5-2-6-12-21)30-15-17-31(18-16-30)27-26-24(28-19-29-27)22-13-7-8-14-23(22)32-26/h1-14,19,25H,15-18H2. The molecule has 5 heteroatoms. The molecule has 0 aliphatic carbocycles. The second-order valence-electron chi connectivity index (χ2n) is 8.22. The lowest BCUT2D eigenvalue weighted by Crippen LogP contribution is -2.48. The zero-order chi connectivity index (χ0) is 21.3. The minimum atomic E-state index is 0.246. The molecule has 0 amide bonds. The summed E-state index contributed by atoms with van der Waals surface area (Å²) in [5.41, 5.74) is 5.18. The first-order valence-electron chi connectivity index (χ1n) is 11.1. The van der Waals surface area contributed by atoms with Crippen molar-refractivity contribution in [3.05, 3.63) is 102 Å². The summed E-state index contributed by atoms with van der Waals surface area (Å²) in [5.74, 6) is 0.891. The van der Waals surface area contributed by atoms with Crippen LogP contribution in [0.2, 0.25) is 0 Å². The van der Waals surface area contributed by atoms with Gasteiger partial charge in [0.1, 0.15) is 17.4 Å². The highest BCUT2D eigenvalue weighted by molar-refractivity contribution is 6.05. The predicted octanol–water partition coefficient (Wildman–Crippen LogP) is 5.29. The van der Waals surface area contributed by atoms with Crippen LogP contribution in [0.4, 0.5) is 5.82 Å². The van der Waals surface area contributed by atoms with Crippen LogP contribution in [0.3, 0.4) is 0 Å². The normalized spacial score (nSPS) is 15.1. The van der Waals surface area contributed by atoms with Gasteiger partial charge in [0.2, 0.25) is 0 Å². The molecule has 6 rings (SSSR count). The average molecular weight is 421 g/mol. The molecule has 2 aromatic heterocycles. The van der Waals surface area contributed by atoms with Crippen LogP contribution in [0.25, 0.3) is 22.1 Å². The highest BCUT2D eigenvalue weighted by atomic mass is 16.3. The number of fused-ring (bicyclic) bond motifs is 3. The van der Waals surface area contributed by atoms with E-state index in [1.807, 2.05) is 18.2 Å². The number of anilines is 1. The number of benzene rings is 3. The maximum Gasteiger partial charge on any atom is 0.196 e. The van der Waals surface area contributed by atoms with Gasteiger partial charge in [-0.3, -0.25) is 4.90 Å². The molecule has 1 saturated heterocycles. The van der Waals surface area contributed by atoms with E-state index in [1.54, 1.807) is 6.33 Å². The third kappa shape index (κ3) is 3.31. The highest BCUT2D eigenvalue weighted by Crippen LogP contribution is 2.34. The van der Waals surface area contributed by atoms with Gasteiger partial charge in [-0.25, -0.2) is 9.97 Å². The van der Waals surface area contributed by atoms with E-state index >= 15 is 0 Å². The summed E-state index contributed by atoms with van der Waals surface area (Å²) in [6.45, 7) is 3.67. The highest BCUT2D eigenvalue weighted by Gasteiger charge is 2.28. The van der Waals surface area contributed by atoms with E-state index in [1.165, 1.54) is 11.1 Å². The molecule has 32 heavy (non-hydrogen) atoms.